The summed E-state index contributed by atoms with van der Waals surface area (Å²) in [6.07, 6.45) is 1.64. The lowest BCUT2D eigenvalue weighted by molar-refractivity contribution is 0.355. The predicted octanol–water partition coefficient (Wildman–Crippen LogP) is 4.16. The average molecular weight is 494 g/mol. The van der Waals surface area contributed by atoms with E-state index in [1.807, 2.05) is 48.5 Å². The van der Waals surface area contributed by atoms with Crippen molar-refractivity contribution in [2.24, 2.45) is 4.99 Å². The Balaban J connectivity index is 0.00000280. The maximum absolute atomic E-state index is 5.55. The van der Waals surface area contributed by atoms with E-state index in [-0.39, 0.29) is 24.0 Å². The summed E-state index contributed by atoms with van der Waals surface area (Å²) < 4.78 is 16.1. The summed E-state index contributed by atoms with van der Waals surface area (Å²) in [5.41, 5.74) is 2.55. The molecule has 0 amide bonds. The molecule has 0 saturated carbocycles. The number of hydrogen-bond donors (Lipinski definition) is 2. The van der Waals surface area contributed by atoms with Crippen molar-refractivity contribution in [3.8, 4) is 23.0 Å². The summed E-state index contributed by atoms with van der Waals surface area (Å²) in [4.78, 5) is 8.72. The van der Waals surface area contributed by atoms with Gasteiger partial charge in [0.2, 0.25) is 5.89 Å². The highest BCUT2D eigenvalue weighted by Crippen LogP contribution is 2.29. The van der Waals surface area contributed by atoms with Crippen LogP contribution >= 0.6 is 24.0 Å². The molecule has 7 nitrogen and oxygen atoms in total. The molecule has 2 N–H and O–H groups in total. The van der Waals surface area contributed by atoms with Crippen molar-refractivity contribution in [2.75, 3.05) is 26.6 Å². The third-order valence-corrected chi connectivity index (χ3v) is 3.88. The van der Waals surface area contributed by atoms with Gasteiger partial charge in [0.15, 0.2) is 17.5 Å². The Kier molecular flexibility index (Phi) is 8.12. The quantitative estimate of drug-likeness (QED) is 0.304. The number of aromatic nitrogens is 1. The smallest absolute Gasteiger partial charge is 0.226 e. The molecule has 0 radical (unpaired) electrons. The first-order chi connectivity index (χ1) is 13.2. The van der Waals surface area contributed by atoms with Gasteiger partial charge in [-0.05, 0) is 24.3 Å². The van der Waals surface area contributed by atoms with Gasteiger partial charge in [0.05, 0.1) is 26.5 Å². The standard InChI is InChI=1S/C20H22N4O3.HI/c1-21-20(24-15-9-10-17(25-2)18(11-15)26-3)22-12-16-13-27-19(23-16)14-7-5-4-6-8-14;/h4-11,13H,12H2,1-3H3,(H2,21,22,24);1H. The van der Waals surface area contributed by atoms with Crippen molar-refractivity contribution in [1.29, 1.82) is 0 Å². The Labute approximate surface area is 181 Å². The van der Waals surface area contributed by atoms with Crippen LogP contribution in [0.1, 0.15) is 5.69 Å². The molecule has 28 heavy (non-hydrogen) atoms. The Morgan fingerprint density at radius 1 is 1.07 bits per heavy atom. The highest BCUT2D eigenvalue weighted by Gasteiger charge is 2.09. The Hall–Kier alpha value is -2.75. The lowest BCUT2D eigenvalue weighted by Gasteiger charge is -2.13. The topological polar surface area (TPSA) is 80.9 Å². The summed E-state index contributed by atoms with van der Waals surface area (Å²) >= 11 is 0. The van der Waals surface area contributed by atoms with Crippen LogP contribution in [0.4, 0.5) is 5.69 Å². The second kappa shape index (κ2) is 10.5. The number of rotatable bonds is 6. The first-order valence-electron chi connectivity index (χ1n) is 8.43. The van der Waals surface area contributed by atoms with Crippen molar-refractivity contribution < 1.29 is 13.9 Å². The molecule has 0 fully saturated rings. The van der Waals surface area contributed by atoms with E-state index < -0.39 is 0 Å². The zero-order chi connectivity index (χ0) is 19.1. The number of ether oxygens (including phenoxy) is 2. The third kappa shape index (κ3) is 5.38. The molecule has 0 saturated heterocycles. The number of nitrogens with one attached hydrogen (secondary N) is 2. The van der Waals surface area contributed by atoms with Gasteiger partial charge in [0, 0.05) is 24.4 Å². The van der Waals surface area contributed by atoms with Crippen LogP contribution in [-0.2, 0) is 6.54 Å². The van der Waals surface area contributed by atoms with Crippen LogP contribution in [0.2, 0.25) is 0 Å². The van der Waals surface area contributed by atoms with Crippen LogP contribution in [0.3, 0.4) is 0 Å². The average Bonchev–Trinajstić information content (AvgIpc) is 3.20. The summed E-state index contributed by atoms with van der Waals surface area (Å²) in [6, 6.07) is 15.3. The Morgan fingerprint density at radius 2 is 1.82 bits per heavy atom. The zero-order valence-electron chi connectivity index (χ0n) is 15.9. The molecule has 1 heterocycles. The molecular formula is C20H23IN4O3. The molecule has 0 unspecified atom stereocenters. The number of anilines is 1. The first kappa shape index (κ1) is 21.5. The number of methoxy groups -OCH3 is 2. The molecule has 1 aromatic heterocycles. The summed E-state index contributed by atoms with van der Waals surface area (Å²) in [5.74, 6) is 2.51. The van der Waals surface area contributed by atoms with Crippen molar-refractivity contribution in [1.82, 2.24) is 10.3 Å². The van der Waals surface area contributed by atoms with Crippen molar-refractivity contribution in [3.05, 3.63) is 60.5 Å². The number of aliphatic imine (C=N–C) groups is 1. The molecular weight excluding hydrogens is 471 g/mol. The van der Waals surface area contributed by atoms with Gasteiger partial charge in [0.1, 0.15) is 6.26 Å². The van der Waals surface area contributed by atoms with Gasteiger partial charge in [-0.25, -0.2) is 4.98 Å². The van der Waals surface area contributed by atoms with Crippen molar-refractivity contribution in [2.45, 2.75) is 6.54 Å². The number of nitrogens with zero attached hydrogens (tertiary/aromatic N) is 2. The Bertz CT molecular complexity index is 913. The minimum Gasteiger partial charge on any atom is -0.493 e. The number of hydrogen-bond acceptors (Lipinski definition) is 5. The van der Waals surface area contributed by atoms with Crippen LogP contribution in [0.5, 0.6) is 11.5 Å². The highest BCUT2D eigenvalue weighted by molar-refractivity contribution is 14.0. The van der Waals surface area contributed by atoms with E-state index in [4.69, 9.17) is 13.9 Å². The van der Waals surface area contributed by atoms with Crippen LogP contribution in [0.25, 0.3) is 11.5 Å². The highest BCUT2D eigenvalue weighted by atomic mass is 127. The van der Waals surface area contributed by atoms with Gasteiger partial charge < -0.3 is 24.5 Å². The largest absolute Gasteiger partial charge is 0.493 e. The molecule has 0 aliphatic rings. The molecule has 8 heteroatoms. The van der Waals surface area contributed by atoms with Crippen LogP contribution in [-0.4, -0.2) is 32.2 Å². The van der Waals surface area contributed by atoms with E-state index in [0.29, 0.717) is 29.9 Å². The van der Waals surface area contributed by atoms with Crippen molar-refractivity contribution in [3.63, 3.8) is 0 Å². The molecule has 0 aliphatic carbocycles. The van der Waals surface area contributed by atoms with Gasteiger partial charge in [-0.1, -0.05) is 18.2 Å². The van der Waals surface area contributed by atoms with E-state index in [1.54, 1.807) is 27.5 Å². The molecule has 148 valence electrons. The zero-order valence-corrected chi connectivity index (χ0v) is 18.3. The van der Waals surface area contributed by atoms with Gasteiger partial charge in [-0.3, -0.25) is 4.99 Å². The first-order valence-corrected chi connectivity index (χ1v) is 8.43. The molecule has 2 aromatic carbocycles. The fourth-order valence-electron chi connectivity index (χ4n) is 2.51. The second-order valence-electron chi connectivity index (χ2n) is 5.63. The van der Waals surface area contributed by atoms with E-state index in [1.165, 1.54) is 0 Å². The van der Waals surface area contributed by atoms with Gasteiger partial charge >= 0.3 is 0 Å². The van der Waals surface area contributed by atoms with E-state index in [2.05, 4.69) is 20.6 Å². The minimum atomic E-state index is 0. The third-order valence-electron chi connectivity index (χ3n) is 3.88. The maximum Gasteiger partial charge on any atom is 0.226 e. The number of guanidine groups is 1. The lowest BCUT2D eigenvalue weighted by Crippen LogP contribution is -2.30. The van der Waals surface area contributed by atoms with Crippen molar-refractivity contribution >= 4 is 35.6 Å². The summed E-state index contributed by atoms with van der Waals surface area (Å²) in [6.45, 7) is 0.475. The van der Waals surface area contributed by atoms with Gasteiger partial charge in [-0.15, -0.1) is 24.0 Å². The molecule has 0 bridgehead atoms. The molecule has 0 aliphatic heterocycles. The Morgan fingerprint density at radius 3 is 2.50 bits per heavy atom. The fraction of sp³-hybridized carbons (Fsp3) is 0.200. The van der Waals surface area contributed by atoms with E-state index in [0.717, 1.165) is 16.9 Å². The lowest BCUT2D eigenvalue weighted by atomic mass is 10.2. The van der Waals surface area contributed by atoms with Crippen LogP contribution < -0.4 is 20.1 Å². The van der Waals surface area contributed by atoms with Crippen LogP contribution in [0.15, 0.2) is 64.2 Å². The number of halogens is 1. The molecule has 3 rings (SSSR count). The number of benzene rings is 2. The molecule has 0 spiro atoms. The monoisotopic (exact) mass is 494 g/mol. The minimum absolute atomic E-state index is 0. The van der Waals surface area contributed by atoms with Gasteiger partial charge in [-0.2, -0.15) is 0 Å². The van der Waals surface area contributed by atoms with Crippen LogP contribution in [0, 0.1) is 0 Å². The maximum atomic E-state index is 5.55. The molecule has 0 atom stereocenters. The second-order valence-corrected chi connectivity index (χ2v) is 5.63. The summed E-state index contributed by atoms with van der Waals surface area (Å²) in [5, 5.41) is 6.42. The summed E-state index contributed by atoms with van der Waals surface area (Å²) in [7, 11) is 4.91. The SMILES string of the molecule is CN=C(NCc1coc(-c2ccccc2)n1)Nc1ccc(OC)c(OC)c1.I. The van der Waals surface area contributed by atoms with Gasteiger partial charge in [0.25, 0.3) is 0 Å². The normalized spacial score (nSPS) is 10.8. The number of oxazole rings is 1. The van der Waals surface area contributed by atoms with E-state index in [9.17, 15) is 0 Å². The molecule has 3 aromatic rings. The predicted molar refractivity (Wildman–Crippen MR) is 121 cm³/mol. The van der Waals surface area contributed by atoms with E-state index >= 15 is 0 Å². The fourth-order valence-corrected chi connectivity index (χ4v) is 2.51.